The third-order valence-corrected chi connectivity index (χ3v) is 0. The van der Waals surface area contributed by atoms with Gasteiger partial charge in [0.15, 0.2) is 17.4 Å². The first-order valence-electron chi connectivity index (χ1n) is 0. The SMILES string of the molecule is C.[AlH3].[MgH2].[Ti]. The molecule has 0 saturated carbocycles. The molecule has 0 radical (unpaired) electrons. The van der Waals surface area contributed by atoms with Crippen molar-refractivity contribution in [1.82, 2.24) is 0 Å². The predicted molar refractivity (Wildman–Crippen MR) is 25.2 cm³/mol. The maximum absolute atomic E-state index is 0. The molecule has 0 heterocycles. The van der Waals surface area contributed by atoms with E-state index in [9.17, 15) is 0 Å². The van der Waals surface area contributed by atoms with Gasteiger partial charge in [0, 0.05) is 21.7 Å². The van der Waals surface area contributed by atoms with Crippen molar-refractivity contribution in [3.05, 3.63) is 0 Å². The van der Waals surface area contributed by atoms with Gasteiger partial charge in [-0.25, -0.2) is 0 Å². The first-order chi connectivity index (χ1) is 0. The topological polar surface area (TPSA) is 0 Å². The second-order valence-corrected chi connectivity index (χ2v) is 0. The van der Waals surface area contributed by atoms with E-state index in [0.29, 0.717) is 0 Å². The summed E-state index contributed by atoms with van der Waals surface area (Å²) in [5.41, 5.74) is 0. The summed E-state index contributed by atoms with van der Waals surface area (Å²) >= 11 is 0. The molecule has 0 aromatic rings. The molecule has 4 heavy (non-hydrogen) atoms. The van der Waals surface area contributed by atoms with Crippen molar-refractivity contribution in [1.29, 1.82) is 0 Å². The fraction of sp³-hybridized carbons (Fsp3) is 1.00. The van der Waals surface area contributed by atoms with Crippen LogP contribution < -0.4 is 0 Å². The maximum atomic E-state index is 0. The Morgan fingerprint density at radius 1 is 1.00 bits per heavy atom. The van der Waals surface area contributed by atoms with Gasteiger partial charge >= 0.3 is 23.1 Å². The second-order valence-electron chi connectivity index (χ2n) is 0. The van der Waals surface area contributed by atoms with Crippen molar-refractivity contribution in [3.8, 4) is 0 Å². The smallest absolute Gasteiger partial charge is 0.0776 e. The average molecular weight is 120 g/mol. The van der Waals surface area contributed by atoms with E-state index in [0.717, 1.165) is 0 Å². The van der Waals surface area contributed by atoms with Gasteiger partial charge in [-0.05, 0) is 0 Å². The van der Waals surface area contributed by atoms with Gasteiger partial charge in [0.2, 0.25) is 0 Å². The van der Waals surface area contributed by atoms with Gasteiger partial charge in [-0.15, -0.1) is 0 Å². The molecule has 0 atom stereocenters. The summed E-state index contributed by atoms with van der Waals surface area (Å²) < 4.78 is 0. The Labute approximate surface area is 68.9 Å². The minimum Gasteiger partial charge on any atom is -0.0776 e. The van der Waals surface area contributed by atoms with E-state index in [2.05, 4.69) is 0 Å². The molecule has 0 amide bonds. The Kier molecular flexibility index (Phi) is 186. The van der Waals surface area contributed by atoms with Crippen LogP contribution in [0.15, 0.2) is 0 Å². The molecule has 3 heteroatoms. The van der Waals surface area contributed by atoms with Gasteiger partial charge in [-0.2, -0.15) is 0 Å². The molecule has 0 rings (SSSR count). The van der Waals surface area contributed by atoms with Crippen LogP contribution in [-0.4, -0.2) is 40.4 Å². The van der Waals surface area contributed by atoms with Crippen molar-refractivity contribution in [2.24, 2.45) is 0 Å². The summed E-state index contributed by atoms with van der Waals surface area (Å²) in [5.74, 6) is 0. The average Bonchev–Trinajstić information content (AvgIpc) is 0. The van der Waals surface area contributed by atoms with E-state index >= 15 is 0 Å². The zero-order valence-electron chi connectivity index (χ0n) is 0.500. The Morgan fingerprint density at radius 2 is 1.00 bits per heavy atom. The monoisotopic (exact) mass is 120 g/mol. The van der Waals surface area contributed by atoms with E-state index in [1.807, 2.05) is 0 Å². The van der Waals surface area contributed by atoms with Gasteiger partial charge in [0.05, 0.1) is 0 Å². The molecular weight excluding hydrogens is 111 g/mol. The van der Waals surface area contributed by atoms with Crippen LogP contribution in [0.3, 0.4) is 0 Å². The van der Waals surface area contributed by atoms with Crippen LogP contribution in [-0.2, 0) is 21.7 Å². The van der Waals surface area contributed by atoms with Crippen molar-refractivity contribution in [2.75, 3.05) is 0 Å². The van der Waals surface area contributed by atoms with E-state index in [1.54, 1.807) is 0 Å². The number of hydrogen-bond acceptors (Lipinski definition) is 0. The predicted octanol–water partition coefficient (Wildman–Crippen LogP) is -1.47. The summed E-state index contributed by atoms with van der Waals surface area (Å²) in [7, 11) is 0. The minimum absolute atomic E-state index is 0. The number of rotatable bonds is 0. The molecule has 0 spiro atoms. The Hall–Kier alpha value is 2.01. The van der Waals surface area contributed by atoms with Crippen LogP contribution in [0.2, 0.25) is 0 Å². The van der Waals surface area contributed by atoms with Gasteiger partial charge in [0.1, 0.15) is 0 Å². The summed E-state index contributed by atoms with van der Waals surface area (Å²) in [4.78, 5) is 0. The van der Waals surface area contributed by atoms with Gasteiger partial charge < -0.3 is 0 Å². The van der Waals surface area contributed by atoms with Crippen molar-refractivity contribution < 1.29 is 21.7 Å². The fourth-order valence-electron chi connectivity index (χ4n) is 0. The number of hydrogen-bond donors (Lipinski definition) is 0. The third kappa shape index (κ3) is 8.99. The third-order valence-electron chi connectivity index (χ3n) is 0. The summed E-state index contributed by atoms with van der Waals surface area (Å²) in [6.07, 6.45) is 0. The minimum atomic E-state index is 0. The molecular formula is CH9AlMgTi. The Bertz CT molecular complexity index is 8.00. The molecule has 0 fully saturated rings. The first kappa shape index (κ1) is 37.3. The molecule has 0 saturated heterocycles. The molecule has 0 aliphatic heterocycles. The molecule has 0 aromatic heterocycles. The van der Waals surface area contributed by atoms with Gasteiger partial charge in [-0.1, -0.05) is 7.43 Å². The van der Waals surface area contributed by atoms with Crippen LogP contribution in [0.5, 0.6) is 0 Å². The largest absolute Gasteiger partial charge is 0.316 e. The molecule has 0 aliphatic rings. The van der Waals surface area contributed by atoms with Crippen LogP contribution in [0.25, 0.3) is 0 Å². The van der Waals surface area contributed by atoms with Gasteiger partial charge in [-0.3, -0.25) is 0 Å². The molecule has 0 aromatic carbocycles. The molecule has 0 nitrogen and oxygen atoms in total. The standard InChI is InChI=1S/CH4.Al.Mg.Ti.5H/h1H4;;;;;;;;. The fourth-order valence-corrected chi connectivity index (χ4v) is 0. The van der Waals surface area contributed by atoms with Crippen LogP contribution in [0, 0.1) is 0 Å². The molecule has 0 aliphatic carbocycles. The van der Waals surface area contributed by atoms with Crippen molar-refractivity contribution >= 4 is 40.4 Å². The Balaban J connectivity index is 0. The molecule has 0 bridgehead atoms. The Morgan fingerprint density at radius 3 is 1.00 bits per heavy atom. The van der Waals surface area contributed by atoms with E-state index in [-0.39, 0.29) is 69.6 Å². The van der Waals surface area contributed by atoms with Crippen molar-refractivity contribution in [2.45, 2.75) is 7.43 Å². The van der Waals surface area contributed by atoms with Crippen LogP contribution in [0.4, 0.5) is 0 Å². The van der Waals surface area contributed by atoms with Crippen LogP contribution in [0.1, 0.15) is 7.43 Å². The second kappa shape index (κ2) is 19.9. The quantitative estimate of drug-likeness (QED) is 0.343. The van der Waals surface area contributed by atoms with E-state index in [4.69, 9.17) is 0 Å². The van der Waals surface area contributed by atoms with E-state index < -0.39 is 0 Å². The zero-order valence-corrected chi connectivity index (χ0v) is 2.06. The summed E-state index contributed by atoms with van der Waals surface area (Å²) in [6.45, 7) is 0. The molecule has 0 N–H and O–H groups in total. The van der Waals surface area contributed by atoms with Crippen LogP contribution >= 0.6 is 0 Å². The van der Waals surface area contributed by atoms with Gasteiger partial charge in [0.25, 0.3) is 0 Å². The molecule has 22 valence electrons. The first-order valence-corrected chi connectivity index (χ1v) is 0. The maximum Gasteiger partial charge on any atom is 0.316 e. The summed E-state index contributed by atoms with van der Waals surface area (Å²) in [5, 5.41) is 0. The van der Waals surface area contributed by atoms with E-state index in [1.165, 1.54) is 0 Å². The zero-order chi connectivity index (χ0) is 0. The normalized spacial score (nSPS) is 0. The molecule has 0 unspecified atom stereocenters. The van der Waals surface area contributed by atoms with Crippen molar-refractivity contribution in [3.63, 3.8) is 0 Å². The summed E-state index contributed by atoms with van der Waals surface area (Å²) in [6, 6.07) is 0.